The van der Waals surface area contributed by atoms with Gasteiger partial charge in [0.25, 0.3) is 0 Å². The number of rotatable bonds is 11. The van der Waals surface area contributed by atoms with Crippen LogP contribution in [0.3, 0.4) is 0 Å². The summed E-state index contributed by atoms with van der Waals surface area (Å²) < 4.78 is 22.6. The van der Waals surface area contributed by atoms with Crippen molar-refractivity contribution in [3.05, 3.63) is 23.8 Å². The number of methoxy groups -OCH3 is 2. The topological polar surface area (TPSA) is 77.5 Å². The summed E-state index contributed by atoms with van der Waals surface area (Å²) >= 11 is 0. The van der Waals surface area contributed by atoms with Crippen LogP contribution in [0.4, 0.5) is 0 Å². The lowest BCUT2D eigenvalue weighted by Crippen LogP contribution is -2.36. The van der Waals surface area contributed by atoms with Gasteiger partial charge in [0.15, 0.2) is 0 Å². The summed E-state index contributed by atoms with van der Waals surface area (Å²) in [6.45, 7) is 12.4. The van der Waals surface area contributed by atoms with Crippen molar-refractivity contribution in [2.45, 2.75) is 103 Å². The summed E-state index contributed by atoms with van der Waals surface area (Å²) in [5.41, 5.74) is 0.993. The Morgan fingerprint density at radius 2 is 1.94 bits per heavy atom. The number of carbonyl (C=O) groups is 1. The number of hydrogen-bond acceptors (Lipinski definition) is 6. The van der Waals surface area contributed by atoms with E-state index >= 15 is 0 Å². The van der Waals surface area contributed by atoms with Crippen molar-refractivity contribution in [3.8, 4) is 0 Å². The number of esters is 1. The second kappa shape index (κ2) is 11.8. The first kappa shape index (κ1) is 27.0. The van der Waals surface area contributed by atoms with Crippen molar-refractivity contribution < 1.29 is 28.8 Å². The predicted octanol–water partition coefficient (Wildman–Crippen LogP) is 4.45. The first-order chi connectivity index (χ1) is 15.0. The maximum absolute atomic E-state index is 11.7. The maximum atomic E-state index is 11.7. The Morgan fingerprint density at radius 1 is 1.25 bits per heavy atom. The van der Waals surface area contributed by atoms with E-state index in [1.807, 2.05) is 0 Å². The fourth-order valence-corrected chi connectivity index (χ4v) is 5.16. The van der Waals surface area contributed by atoms with Crippen LogP contribution >= 0.6 is 0 Å². The number of carbonyl (C=O) groups excluding carboxylic acids is 1. The summed E-state index contributed by atoms with van der Waals surface area (Å²) in [6.07, 6.45) is 8.99. The molecule has 184 valence electrons. The van der Waals surface area contributed by atoms with Gasteiger partial charge in [-0.3, -0.25) is 4.79 Å². The van der Waals surface area contributed by atoms with Crippen LogP contribution in [0.1, 0.15) is 67.2 Å². The molecule has 6 nitrogen and oxygen atoms in total. The van der Waals surface area contributed by atoms with E-state index in [1.165, 1.54) is 12.7 Å². The van der Waals surface area contributed by atoms with Gasteiger partial charge in [-0.2, -0.15) is 0 Å². The highest BCUT2D eigenvalue weighted by atomic mass is 16.6. The minimum absolute atomic E-state index is 0.0433. The third-order valence-electron chi connectivity index (χ3n) is 7.17. The number of ether oxygens (including phenoxy) is 4. The normalized spacial score (nSPS) is 34.7. The Balaban J connectivity index is 1.87. The quantitative estimate of drug-likeness (QED) is 0.283. The van der Waals surface area contributed by atoms with Crippen LogP contribution in [-0.2, 0) is 23.7 Å². The molecule has 2 saturated heterocycles. The Hall–Kier alpha value is -1.21. The first-order valence-electron chi connectivity index (χ1n) is 12.0. The smallest absolute Gasteiger partial charge is 0.308 e. The lowest BCUT2D eigenvalue weighted by molar-refractivity contribution is -0.148. The van der Waals surface area contributed by atoms with Crippen molar-refractivity contribution in [1.82, 2.24) is 0 Å². The molecule has 2 aliphatic heterocycles. The standard InChI is InChI=1S/C26H44O6/c1-16(15-26(6)25(32-26)19(4)24(30-8)20(5)27)10-9-11-17(2)21-13-12-18(3)22(31-21)14-23(28)29-7/h9-11,16,18-22,24-25,27H,12-15H2,1-8H3/b10-9+,17-11+/t16-,18+,19-,20-,21+,22+,24?,25-,26-/m1/s1. The highest BCUT2D eigenvalue weighted by Gasteiger charge is 2.56. The monoisotopic (exact) mass is 452 g/mol. The molecule has 2 rings (SSSR count). The Labute approximate surface area is 194 Å². The molecule has 0 radical (unpaired) electrons. The minimum atomic E-state index is -0.522. The average Bonchev–Trinajstić information content (AvgIpc) is 3.39. The summed E-state index contributed by atoms with van der Waals surface area (Å²) in [4.78, 5) is 11.7. The third kappa shape index (κ3) is 7.14. The molecule has 1 unspecified atom stereocenters. The molecule has 0 saturated carbocycles. The highest BCUT2D eigenvalue weighted by Crippen LogP contribution is 2.47. The van der Waals surface area contributed by atoms with Gasteiger partial charge < -0.3 is 24.1 Å². The molecule has 2 aliphatic rings. The number of hydrogen-bond donors (Lipinski definition) is 1. The molecular formula is C26H44O6. The van der Waals surface area contributed by atoms with Crippen LogP contribution in [0.25, 0.3) is 0 Å². The van der Waals surface area contributed by atoms with E-state index in [2.05, 4.69) is 52.8 Å². The zero-order valence-corrected chi connectivity index (χ0v) is 21.2. The second-order valence-electron chi connectivity index (χ2n) is 10.1. The third-order valence-corrected chi connectivity index (χ3v) is 7.17. The molecule has 0 aromatic carbocycles. The number of allylic oxidation sites excluding steroid dienone is 3. The molecule has 0 aromatic rings. The van der Waals surface area contributed by atoms with E-state index in [4.69, 9.17) is 18.9 Å². The molecule has 6 heteroatoms. The zero-order valence-electron chi connectivity index (χ0n) is 21.2. The molecule has 2 heterocycles. The van der Waals surface area contributed by atoms with Gasteiger partial charge >= 0.3 is 5.97 Å². The Kier molecular flexibility index (Phi) is 9.95. The van der Waals surface area contributed by atoms with Crippen molar-refractivity contribution in [3.63, 3.8) is 0 Å². The summed E-state index contributed by atoms with van der Waals surface area (Å²) in [5, 5.41) is 9.94. The second-order valence-corrected chi connectivity index (χ2v) is 10.1. The summed E-state index contributed by atoms with van der Waals surface area (Å²) in [5.74, 6) is 0.627. The molecule has 0 spiro atoms. The van der Waals surface area contributed by atoms with Crippen molar-refractivity contribution in [2.75, 3.05) is 14.2 Å². The fraction of sp³-hybridized carbons (Fsp3) is 0.808. The van der Waals surface area contributed by atoms with Gasteiger partial charge in [-0.05, 0) is 57.4 Å². The molecule has 2 fully saturated rings. The first-order valence-corrected chi connectivity index (χ1v) is 12.0. The minimum Gasteiger partial charge on any atom is -0.469 e. The van der Waals surface area contributed by atoms with E-state index in [-0.39, 0.29) is 41.9 Å². The van der Waals surface area contributed by atoms with Crippen molar-refractivity contribution in [2.24, 2.45) is 17.8 Å². The number of epoxide rings is 1. The maximum Gasteiger partial charge on any atom is 0.308 e. The molecular weight excluding hydrogens is 408 g/mol. The number of aliphatic hydroxyl groups excluding tert-OH is 1. The Morgan fingerprint density at radius 3 is 2.53 bits per heavy atom. The van der Waals surface area contributed by atoms with Crippen LogP contribution in [-0.4, -0.2) is 61.4 Å². The highest BCUT2D eigenvalue weighted by molar-refractivity contribution is 5.69. The Bertz CT molecular complexity index is 671. The van der Waals surface area contributed by atoms with Gasteiger partial charge in [0.05, 0.1) is 49.7 Å². The summed E-state index contributed by atoms with van der Waals surface area (Å²) in [7, 11) is 3.06. The van der Waals surface area contributed by atoms with Gasteiger partial charge in [0.1, 0.15) is 0 Å². The largest absolute Gasteiger partial charge is 0.469 e. The van der Waals surface area contributed by atoms with E-state index in [1.54, 1.807) is 14.0 Å². The van der Waals surface area contributed by atoms with E-state index in [9.17, 15) is 9.90 Å². The molecule has 0 amide bonds. The molecule has 0 bridgehead atoms. The van der Waals surface area contributed by atoms with Crippen LogP contribution in [0.15, 0.2) is 23.8 Å². The zero-order chi connectivity index (χ0) is 24.1. The van der Waals surface area contributed by atoms with Crippen molar-refractivity contribution in [1.29, 1.82) is 0 Å². The molecule has 1 N–H and O–H groups in total. The van der Waals surface area contributed by atoms with Crippen LogP contribution in [0, 0.1) is 17.8 Å². The average molecular weight is 453 g/mol. The molecule has 0 aliphatic carbocycles. The van der Waals surface area contributed by atoms with Gasteiger partial charge in [0, 0.05) is 13.0 Å². The van der Waals surface area contributed by atoms with E-state index < -0.39 is 6.10 Å². The van der Waals surface area contributed by atoms with E-state index in [0.717, 1.165) is 19.3 Å². The SMILES string of the molecule is COC(=O)C[C@@H]1O[C@H](/C(C)=C/C=C/[C@@H](C)C[C@@]2(C)O[C@@H]2[C@H](C)C(OC)[C@@H](C)O)CC[C@@H]1C. The van der Waals surface area contributed by atoms with Gasteiger partial charge in [-0.15, -0.1) is 0 Å². The van der Waals surface area contributed by atoms with Gasteiger partial charge in [0.2, 0.25) is 0 Å². The lowest BCUT2D eigenvalue weighted by atomic mass is 9.85. The van der Waals surface area contributed by atoms with E-state index in [0.29, 0.717) is 18.3 Å². The number of aliphatic hydroxyl groups is 1. The predicted molar refractivity (Wildman–Crippen MR) is 125 cm³/mol. The van der Waals surface area contributed by atoms with Gasteiger partial charge in [-0.1, -0.05) is 39.0 Å². The van der Waals surface area contributed by atoms with Gasteiger partial charge in [-0.25, -0.2) is 0 Å². The van der Waals surface area contributed by atoms with Crippen LogP contribution in [0.2, 0.25) is 0 Å². The molecule has 0 aromatic heterocycles. The molecule has 32 heavy (non-hydrogen) atoms. The van der Waals surface area contributed by atoms with Crippen LogP contribution in [0.5, 0.6) is 0 Å². The fourth-order valence-electron chi connectivity index (χ4n) is 5.16. The van der Waals surface area contributed by atoms with Crippen LogP contribution < -0.4 is 0 Å². The lowest BCUT2D eigenvalue weighted by Gasteiger charge is -2.35. The van der Waals surface area contributed by atoms with Crippen molar-refractivity contribution >= 4 is 5.97 Å². The molecule has 9 atom stereocenters. The summed E-state index contributed by atoms with van der Waals surface area (Å²) in [6, 6.07) is 0.